The molecule has 1 aliphatic rings. The molecule has 1 aromatic rings. The van der Waals surface area contributed by atoms with Gasteiger partial charge >= 0.3 is 0 Å². The van der Waals surface area contributed by atoms with Crippen LogP contribution in [0.15, 0.2) is 24.3 Å². The number of benzene rings is 1. The first-order chi connectivity index (χ1) is 7.74. The van der Waals surface area contributed by atoms with Gasteiger partial charge in [-0.05, 0) is 43.5 Å². The molecule has 0 unspecified atom stereocenters. The maximum Gasteiger partial charge on any atom is 0.123 e. The van der Waals surface area contributed by atoms with E-state index in [2.05, 4.69) is 11.4 Å². The van der Waals surface area contributed by atoms with E-state index in [1.807, 2.05) is 0 Å². The Morgan fingerprint density at radius 1 is 1.31 bits per heavy atom. The summed E-state index contributed by atoms with van der Waals surface area (Å²) in [5, 5.41) is 12.2. The van der Waals surface area contributed by atoms with Crippen LogP contribution in [-0.4, -0.2) is 13.1 Å². The van der Waals surface area contributed by atoms with Crippen LogP contribution in [0.3, 0.4) is 0 Å². The largest absolute Gasteiger partial charge is 0.315 e. The maximum absolute atomic E-state index is 12.6. The summed E-state index contributed by atoms with van der Waals surface area (Å²) >= 11 is 0. The van der Waals surface area contributed by atoms with E-state index >= 15 is 0 Å². The Morgan fingerprint density at radius 3 is 2.56 bits per heavy atom. The predicted molar refractivity (Wildman–Crippen MR) is 60.3 cm³/mol. The molecule has 84 valence electrons. The van der Waals surface area contributed by atoms with Crippen LogP contribution in [-0.2, 0) is 6.42 Å². The number of halogens is 1. The first-order valence-electron chi connectivity index (χ1n) is 5.61. The molecule has 16 heavy (non-hydrogen) atoms. The molecule has 0 spiro atoms. The number of hydrogen-bond acceptors (Lipinski definition) is 2. The van der Waals surface area contributed by atoms with Crippen molar-refractivity contribution in [3.05, 3.63) is 35.6 Å². The lowest BCUT2D eigenvalue weighted by molar-refractivity contribution is 0.560. The highest BCUT2D eigenvalue weighted by atomic mass is 19.1. The van der Waals surface area contributed by atoms with E-state index in [-0.39, 0.29) is 11.2 Å². The molecule has 1 saturated carbocycles. The van der Waals surface area contributed by atoms with E-state index in [1.165, 1.54) is 12.1 Å². The molecular formula is C13H15FN2. The van der Waals surface area contributed by atoms with Crippen molar-refractivity contribution >= 4 is 0 Å². The zero-order chi connectivity index (χ0) is 11.4. The van der Waals surface area contributed by atoms with Gasteiger partial charge in [0.15, 0.2) is 0 Å². The molecule has 0 radical (unpaired) electrons. The minimum atomic E-state index is -0.196. The van der Waals surface area contributed by atoms with Gasteiger partial charge in [-0.25, -0.2) is 4.39 Å². The third-order valence-electron chi connectivity index (χ3n) is 3.06. The lowest BCUT2D eigenvalue weighted by Gasteiger charge is -2.07. The SMILES string of the molecule is N#CC1(CNCCc2ccc(F)cc2)CC1. The quantitative estimate of drug-likeness (QED) is 0.769. The van der Waals surface area contributed by atoms with E-state index in [4.69, 9.17) is 5.26 Å². The van der Waals surface area contributed by atoms with E-state index in [1.54, 1.807) is 12.1 Å². The maximum atomic E-state index is 12.6. The Balaban J connectivity index is 1.69. The normalized spacial score (nSPS) is 16.8. The zero-order valence-electron chi connectivity index (χ0n) is 9.17. The third-order valence-corrected chi connectivity index (χ3v) is 3.06. The molecule has 1 fully saturated rings. The first kappa shape index (κ1) is 11.1. The second-order valence-corrected chi connectivity index (χ2v) is 4.45. The third kappa shape index (κ3) is 2.80. The van der Waals surface area contributed by atoms with Crippen molar-refractivity contribution in [2.45, 2.75) is 19.3 Å². The molecule has 0 bridgehead atoms. The summed E-state index contributed by atoms with van der Waals surface area (Å²) in [6, 6.07) is 8.90. The van der Waals surface area contributed by atoms with E-state index < -0.39 is 0 Å². The van der Waals surface area contributed by atoms with E-state index in [0.29, 0.717) is 0 Å². The van der Waals surface area contributed by atoms with Gasteiger partial charge in [0.05, 0.1) is 11.5 Å². The molecule has 0 heterocycles. The Morgan fingerprint density at radius 2 is 2.00 bits per heavy atom. The van der Waals surface area contributed by atoms with Gasteiger partial charge in [-0.2, -0.15) is 5.26 Å². The van der Waals surface area contributed by atoms with Gasteiger partial charge in [0.1, 0.15) is 5.82 Å². The van der Waals surface area contributed by atoms with Crippen molar-refractivity contribution < 1.29 is 4.39 Å². The van der Waals surface area contributed by atoms with Gasteiger partial charge < -0.3 is 5.32 Å². The Labute approximate surface area is 95.1 Å². The lowest BCUT2D eigenvalue weighted by Crippen LogP contribution is -2.25. The van der Waals surface area contributed by atoms with Crippen LogP contribution in [0.4, 0.5) is 4.39 Å². The fourth-order valence-corrected chi connectivity index (χ4v) is 1.69. The van der Waals surface area contributed by atoms with Gasteiger partial charge in [-0.1, -0.05) is 12.1 Å². The van der Waals surface area contributed by atoms with Gasteiger partial charge in [0, 0.05) is 6.54 Å². The van der Waals surface area contributed by atoms with Crippen molar-refractivity contribution in [3.8, 4) is 6.07 Å². The summed E-state index contributed by atoms with van der Waals surface area (Å²) in [5.41, 5.74) is 1.04. The topological polar surface area (TPSA) is 35.8 Å². The summed E-state index contributed by atoms with van der Waals surface area (Å²) < 4.78 is 12.6. The Hall–Kier alpha value is -1.40. The summed E-state index contributed by atoms with van der Waals surface area (Å²) in [5.74, 6) is -0.196. The van der Waals surface area contributed by atoms with Crippen molar-refractivity contribution in [2.75, 3.05) is 13.1 Å². The summed E-state index contributed by atoms with van der Waals surface area (Å²) in [4.78, 5) is 0. The zero-order valence-corrected chi connectivity index (χ0v) is 9.17. The number of nitrogens with one attached hydrogen (secondary N) is 1. The van der Waals surface area contributed by atoms with Crippen molar-refractivity contribution in [1.29, 1.82) is 5.26 Å². The van der Waals surface area contributed by atoms with Crippen LogP contribution in [0.2, 0.25) is 0 Å². The molecular weight excluding hydrogens is 203 g/mol. The number of hydrogen-bond donors (Lipinski definition) is 1. The van der Waals surface area contributed by atoms with Gasteiger partial charge in [-0.15, -0.1) is 0 Å². The van der Waals surface area contributed by atoms with Gasteiger partial charge in [0.2, 0.25) is 0 Å². The second-order valence-electron chi connectivity index (χ2n) is 4.45. The van der Waals surface area contributed by atoms with Crippen LogP contribution in [0, 0.1) is 22.6 Å². The highest BCUT2D eigenvalue weighted by molar-refractivity contribution is 5.16. The fraction of sp³-hybridized carbons (Fsp3) is 0.462. The van der Waals surface area contributed by atoms with E-state index in [9.17, 15) is 4.39 Å². The molecule has 0 aliphatic heterocycles. The minimum Gasteiger partial charge on any atom is -0.315 e. The molecule has 3 heteroatoms. The number of rotatable bonds is 5. The van der Waals surface area contributed by atoms with Crippen LogP contribution in [0.1, 0.15) is 18.4 Å². The second kappa shape index (κ2) is 4.63. The number of nitriles is 1. The molecule has 0 aromatic heterocycles. The fourth-order valence-electron chi connectivity index (χ4n) is 1.69. The summed E-state index contributed by atoms with van der Waals surface area (Å²) in [6.45, 7) is 1.62. The summed E-state index contributed by atoms with van der Waals surface area (Å²) in [6.07, 6.45) is 2.92. The number of nitrogens with zero attached hydrogens (tertiary/aromatic N) is 1. The predicted octanol–water partition coefficient (Wildman–Crippen LogP) is 2.26. The molecule has 0 atom stereocenters. The monoisotopic (exact) mass is 218 g/mol. The van der Waals surface area contributed by atoms with Crippen LogP contribution < -0.4 is 5.32 Å². The average Bonchev–Trinajstić information content (AvgIpc) is 3.08. The standard InChI is InChI=1S/C13H15FN2/c14-12-3-1-11(2-4-12)5-8-16-10-13(9-15)6-7-13/h1-4,16H,5-8,10H2. The highest BCUT2D eigenvalue weighted by Crippen LogP contribution is 2.43. The smallest absolute Gasteiger partial charge is 0.123 e. The Bertz CT molecular complexity index is 387. The van der Waals surface area contributed by atoms with Crippen molar-refractivity contribution in [1.82, 2.24) is 5.32 Å². The molecule has 0 amide bonds. The van der Waals surface area contributed by atoms with Crippen LogP contribution in [0.25, 0.3) is 0 Å². The molecule has 2 nitrogen and oxygen atoms in total. The average molecular weight is 218 g/mol. The van der Waals surface area contributed by atoms with Crippen molar-refractivity contribution in [3.63, 3.8) is 0 Å². The lowest BCUT2D eigenvalue weighted by atomic mass is 10.1. The van der Waals surface area contributed by atoms with E-state index in [0.717, 1.165) is 37.9 Å². The molecule has 1 N–H and O–H groups in total. The highest BCUT2D eigenvalue weighted by Gasteiger charge is 2.42. The van der Waals surface area contributed by atoms with Crippen LogP contribution >= 0.6 is 0 Å². The Kier molecular flexibility index (Phi) is 3.21. The minimum absolute atomic E-state index is 0.0806. The summed E-state index contributed by atoms with van der Waals surface area (Å²) in [7, 11) is 0. The van der Waals surface area contributed by atoms with Gasteiger partial charge in [0.25, 0.3) is 0 Å². The van der Waals surface area contributed by atoms with Crippen molar-refractivity contribution in [2.24, 2.45) is 5.41 Å². The first-order valence-corrected chi connectivity index (χ1v) is 5.61. The molecule has 1 aromatic carbocycles. The van der Waals surface area contributed by atoms with Gasteiger partial charge in [-0.3, -0.25) is 0 Å². The van der Waals surface area contributed by atoms with Crippen LogP contribution in [0.5, 0.6) is 0 Å². The molecule has 0 saturated heterocycles. The molecule has 2 rings (SSSR count). The molecule has 1 aliphatic carbocycles.